The Morgan fingerprint density at radius 3 is 2.38 bits per heavy atom. The van der Waals surface area contributed by atoms with Gasteiger partial charge in [0.1, 0.15) is 5.82 Å². The molecule has 0 bridgehead atoms. The Morgan fingerprint density at radius 1 is 0.938 bits per heavy atom. The summed E-state index contributed by atoms with van der Waals surface area (Å²) in [4.78, 5) is 17.9. The Bertz CT molecular complexity index is 1290. The van der Waals surface area contributed by atoms with E-state index < -0.39 is 0 Å². The van der Waals surface area contributed by atoms with Crippen molar-refractivity contribution in [3.8, 4) is 11.3 Å². The summed E-state index contributed by atoms with van der Waals surface area (Å²) >= 11 is 0. The lowest BCUT2D eigenvalue weighted by molar-refractivity contribution is 0.0527. The van der Waals surface area contributed by atoms with E-state index in [9.17, 15) is 4.79 Å². The third-order valence-electron chi connectivity index (χ3n) is 5.50. The number of aromatic nitrogens is 1. The van der Waals surface area contributed by atoms with Crippen LogP contribution in [0.1, 0.15) is 28.4 Å². The van der Waals surface area contributed by atoms with Crippen LogP contribution in [-0.4, -0.2) is 23.4 Å². The highest BCUT2D eigenvalue weighted by atomic mass is 16.5. The molecule has 0 spiro atoms. The molecular weight excluding hydrogens is 398 g/mol. The molecule has 5 nitrogen and oxygen atoms in total. The number of carbonyl (C=O) groups excluding carboxylic acids is 1. The number of ether oxygens (including phenoxy) is 1. The number of rotatable bonds is 5. The maximum atomic E-state index is 13.2. The predicted octanol–water partition coefficient (Wildman–Crippen LogP) is 6.19. The van der Waals surface area contributed by atoms with Crippen LogP contribution in [0, 0.1) is 0 Å². The van der Waals surface area contributed by atoms with E-state index in [4.69, 9.17) is 4.74 Å². The second kappa shape index (κ2) is 8.55. The van der Waals surface area contributed by atoms with E-state index in [0.717, 1.165) is 39.6 Å². The van der Waals surface area contributed by atoms with Crippen LogP contribution in [0.2, 0.25) is 0 Å². The van der Waals surface area contributed by atoms with Crippen molar-refractivity contribution in [3.05, 3.63) is 102 Å². The van der Waals surface area contributed by atoms with E-state index >= 15 is 0 Å². The lowest BCUT2D eigenvalue weighted by Crippen LogP contribution is -2.09. The number of para-hydroxylation sites is 2. The molecule has 1 N–H and O–H groups in total. The van der Waals surface area contributed by atoms with Crippen LogP contribution >= 0.6 is 0 Å². The van der Waals surface area contributed by atoms with Gasteiger partial charge in [-0.1, -0.05) is 72.8 Å². The molecule has 1 aliphatic heterocycles. The van der Waals surface area contributed by atoms with Gasteiger partial charge in [0.15, 0.2) is 0 Å². The maximum absolute atomic E-state index is 13.2. The molecule has 0 atom stereocenters. The van der Waals surface area contributed by atoms with Gasteiger partial charge in [-0.2, -0.15) is 0 Å². The van der Waals surface area contributed by atoms with Crippen molar-refractivity contribution >= 4 is 29.4 Å². The summed E-state index contributed by atoms with van der Waals surface area (Å²) in [7, 11) is 0. The van der Waals surface area contributed by atoms with Crippen molar-refractivity contribution in [1.29, 1.82) is 0 Å². The van der Waals surface area contributed by atoms with Gasteiger partial charge >= 0.3 is 5.97 Å². The van der Waals surface area contributed by atoms with Gasteiger partial charge < -0.3 is 14.6 Å². The predicted molar refractivity (Wildman–Crippen MR) is 128 cm³/mol. The Kier molecular flexibility index (Phi) is 5.30. The molecule has 0 saturated carbocycles. The van der Waals surface area contributed by atoms with E-state index in [1.807, 2.05) is 79.7 Å². The molecule has 1 aliphatic rings. The molecule has 0 unspecified atom stereocenters. The first kappa shape index (κ1) is 19.8. The van der Waals surface area contributed by atoms with E-state index in [-0.39, 0.29) is 5.97 Å². The van der Waals surface area contributed by atoms with E-state index in [1.54, 1.807) is 6.21 Å². The van der Waals surface area contributed by atoms with Crippen LogP contribution in [-0.2, 0) is 11.3 Å². The normalized spacial score (nSPS) is 11.8. The first-order valence-electron chi connectivity index (χ1n) is 10.7. The van der Waals surface area contributed by atoms with E-state index in [1.165, 1.54) is 0 Å². The van der Waals surface area contributed by atoms with Gasteiger partial charge in [-0.15, -0.1) is 0 Å². The van der Waals surface area contributed by atoms with Gasteiger partial charge in [0.05, 0.1) is 34.8 Å². The number of aliphatic imine (C=N–C) groups is 1. The minimum absolute atomic E-state index is 0.302. The zero-order valence-corrected chi connectivity index (χ0v) is 17.8. The Labute approximate surface area is 187 Å². The number of anilines is 2. The van der Waals surface area contributed by atoms with Crippen LogP contribution in [0.3, 0.4) is 0 Å². The molecule has 2 heterocycles. The number of fused-ring (bicyclic) bond motifs is 2. The monoisotopic (exact) mass is 421 g/mol. The summed E-state index contributed by atoms with van der Waals surface area (Å²) < 4.78 is 7.65. The van der Waals surface area contributed by atoms with Crippen LogP contribution in [0.4, 0.5) is 17.2 Å². The van der Waals surface area contributed by atoms with E-state index in [0.29, 0.717) is 18.7 Å². The molecule has 0 saturated heterocycles. The largest absolute Gasteiger partial charge is 0.462 e. The summed E-state index contributed by atoms with van der Waals surface area (Å²) in [5.74, 6) is 0.470. The molecule has 32 heavy (non-hydrogen) atoms. The van der Waals surface area contributed by atoms with E-state index in [2.05, 4.69) is 27.0 Å². The van der Waals surface area contributed by atoms with Crippen LogP contribution < -0.4 is 5.32 Å². The molecule has 5 rings (SSSR count). The number of benzene rings is 3. The smallest absolute Gasteiger partial charge is 0.341 e. The van der Waals surface area contributed by atoms with Crippen LogP contribution in [0.15, 0.2) is 89.9 Å². The van der Waals surface area contributed by atoms with Crippen molar-refractivity contribution < 1.29 is 9.53 Å². The second-order valence-corrected chi connectivity index (χ2v) is 7.54. The average molecular weight is 422 g/mol. The molecule has 0 amide bonds. The fourth-order valence-corrected chi connectivity index (χ4v) is 4.08. The number of nitrogens with one attached hydrogen (secondary N) is 1. The SMILES string of the molecule is CCOC(=O)c1c2c(n(Cc3ccccc3)c1-c1ccccc1)Nc1ccccc1N=C2. The Hall–Kier alpha value is -4.12. The van der Waals surface area contributed by atoms with Crippen molar-refractivity contribution in [1.82, 2.24) is 4.57 Å². The summed E-state index contributed by atoms with van der Waals surface area (Å²) in [6, 6.07) is 28.1. The van der Waals surface area contributed by atoms with Gasteiger partial charge in [0, 0.05) is 12.8 Å². The van der Waals surface area contributed by atoms with Gasteiger partial charge in [0.25, 0.3) is 0 Å². The molecule has 1 aromatic heterocycles. The molecule has 0 radical (unpaired) electrons. The molecule has 0 fully saturated rings. The number of carbonyl (C=O) groups is 1. The number of nitrogens with zero attached hydrogens (tertiary/aromatic N) is 2. The summed E-state index contributed by atoms with van der Waals surface area (Å²) in [5, 5.41) is 3.55. The van der Waals surface area contributed by atoms with Gasteiger partial charge in [-0.05, 0) is 30.2 Å². The van der Waals surface area contributed by atoms with Crippen LogP contribution in [0.5, 0.6) is 0 Å². The minimum atomic E-state index is -0.353. The molecule has 158 valence electrons. The highest BCUT2D eigenvalue weighted by molar-refractivity contribution is 6.10. The molecular formula is C27H23N3O2. The van der Waals surface area contributed by atoms with Crippen LogP contribution in [0.25, 0.3) is 11.3 Å². The molecule has 3 aromatic carbocycles. The number of hydrogen-bond donors (Lipinski definition) is 1. The standard InChI is InChI=1S/C27H23N3O2/c1-2-32-27(31)24-21-17-28-22-15-9-10-16-23(22)29-26(21)30(18-19-11-5-3-6-12-19)25(24)20-13-7-4-8-14-20/h3-17,29H,2,18H2,1H3. The van der Waals surface area contributed by atoms with Gasteiger partial charge in [-0.3, -0.25) is 4.99 Å². The lowest BCUT2D eigenvalue weighted by Gasteiger charge is -2.16. The maximum Gasteiger partial charge on any atom is 0.341 e. The summed E-state index contributed by atoms with van der Waals surface area (Å²) in [6.07, 6.45) is 1.77. The van der Waals surface area contributed by atoms with Crippen molar-refractivity contribution in [3.63, 3.8) is 0 Å². The summed E-state index contributed by atoms with van der Waals surface area (Å²) in [5.41, 5.74) is 5.87. The first-order valence-corrected chi connectivity index (χ1v) is 10.7. The second-order valence-electron chi connectivity index (χ2n) is 7.54. The highest BCUT2D eigenvalue weighted by Gasteiger charge is 2.30. The molecule has 5 heteroatoms. The topological polar surface area (TPSA) is 55.6 Å². The third kappa shape index (κ3) is 3.58. The van der Waals surface area contributed by atoms with Gasteiger partial charge in [0.2, 0.25) is 0 Å². The number of hydrogen-bond acceptors (Lipinski definition) is 4. The molecule has 0 aliphatic carbocycles. The van der Waals surface area contributed by atoms with Crippen molar-refractivity contribution in [2.45, 2.75) is 13.5 Å². The zero-order chi connectivity index (χ0) is 21.9. The lowest BCUT2D eigenvalue weighted by atomic mass is 10.0. The fourth-order valence-electron chi connectivity index (χ4n) is 4.08. The summed E-state index contributed by atoms with van der Waals surface area (Å²) in [6.45, 7) is 2.72. The zero-order valence-electron chi connectivity index (χ0n) is 17.8. The highest BCUT2D eigenvalue weighted by Crippen LogP contribution is 2.40. The van der Waals surface area contributed by atoms with Gasteiger partial charge in [-0.25, -0.2) is 4.79 Å². The fraction of sp³-hybridized carbons (Fsp3) is 0.111. The number of esters is 1. The van der Waals surface area contributed by atoms with Crippen molar-refractivity contribution in [2.24, 2.45) is 4.99 Å². The first-order chi connectivity index (χ1) is 15.8. The van der Waals surface area contributed by atoms with Crippen molar-refractivity contribution in [2.75, 3.05) is 11.9 Å². The Balaban J connectivity index is 1.79. The average Bonchev–Trinajstić information content (AvgIpc) is 2.99. The minimum Gasteiger partial charge on any atom is -0.462 e. The third-order valence-corrected chi connectivity index (χ3v) is 5.50. The molecule has 4 aromatic rings. The quantitative estimate of drug-likeness (QED) is 0.344. The Morgan fingerprint density at radius 2 is 1.62 bits per heavy atom.